The van der Waals surface area contributed by atoms with Gasteiger partial charge in [0.15, 0.2) is 0 Å². The molecule has 0 saturated carbocycles. The van der Waals surface area contributed by atoms with Gasteiger partial charge in [0.05, 0.1) is 5.69 Å². The summed E-state index contributed by atoms with van der Waals surface area (Å²) in [5.74, 6) is 0.751. The summed E-state index contributed by atoms with van der Waals surface area (Å²) in [7, 11) is 3.97. The SMILES string of the molecule is CCc1cc(CC(CSc2ccc(F)cc2)NC)n(C)n1. The van der Waals surface area contributed by atoms with Crippen LogP contribution in [-0.2, 0) is 19.9 Å². The Labute approximate surface area is 129 Å². The average molecular weight is 307 g/mol. The summed E-state index contributed by atoms with van der Waals surface area (Å²) in [4.78, 5) is 1.09. The Morgan fingerprint density at radius 1 is 1.33 bits per heavy atom. The van der Waals surface area contributed by atoms with Crippen LogP contribution < -0.4 is 5.32 Å². The first kappa shape index (κ1) is 16.0. The van der Waals surface area contributed by atoms with Crippen LogP contribution in [0.1, 0.15) is 18.3 Å². The highest BCUT2D eigenvalue weighted by Gasteiger charge is 2.12. The minimum absolute atomic E-state index is 0.188. The molecule has 0 aliphatic rings. The van der Waals surface area contributed by atoms with E-state index in [0.29, 0.717) is 6.04 Å². The quantitative estimate of drug-likeness (QED) is 0.797. The third kappa shape index (κ3) is 4.58. The van der Waals surface area contributed by atoms with Crippen LogP contribution in [0, 0.1) is 5.82 Å². The Hall–Kier alpha value is -1.33. The van der Waals surface area contributed by atoms with Crippen molar-refractivity contribution in [2.24, 2.45) is 7.05 Å². The van der Waals surface area contributed by atoms with Gasteiger partial charge in [-0.1, -0.05) is 6.92 Å². The average Bonchev–Trinajstić information content (AvgIpc) is 2.85. The molecule has 114 valence electrons. The van der Waals surface area contributed by atoms with Gasteiger partial charge in [-0.05, 0) is 43.8 Å². The molecule has 0 fully saturated rings. The second-order valence-electron chi connectivity index (χ2n) is 5.06. The first-order chi connectivity index (χ1) is 10.1. The van der Waals surface area contributed by atoms with Crippen LogP contribution in [0.15, 0.2) is 35.2 Å². The molecule has 2 rings (SSSR count). The first-order valence-electron chi connectivity index (χ1n) is 7.19. The smallest absolute Gasteiger partial charge is 0.123 e. The molecule has 0 aliphatic carbocycles. The van der Waals surface area contributed by atoms with Gasteiger partial charge in [-0.25, -0.2) is 4.39 Å². The van der Waals surface area contributed by atoms with Crippen molar-refractivity contribution in [2.45, 2.75) is 30.7 Å². The van der Waals surface area contributed by atoms with E-state index >= 15 is 0 Å². The molecule has 1 heterocycles. The summed E-state index contributed by atoms with van der Waals surface area (Å²) >= 11 is 1.74. The molecule has 2 aromatic rings. The van der Waals surface area contributed by atoms with E-state index in [0.717, 1.165) is 29.2 Å². The Morgan fingerprint density at radius 2 is 2.05 bits per heavy atom. The third-order valence-corrected chi connectivity index (χ3v) is 4.69. The summed E-state index contributed by atoms with van der Waals surface area (Å²) in [6.07, 6.45) is 1.90. The Kier molecular flexibility index (Phi) is 5.82. The van der Waals surface area contributed by atoms with Crippen molar-refractivity contribution >= 4 is 11.8 Å². The van der Waals surface area contributed by atoms with E-state index in [1.165, 1.54) is 17.8 Å². The fourth-order valence-corrected chi connectivity index (χ4v) is 3.17. The molecule has 0 amide bonds. The molecule has 3 nitrogen and oxygen atoms in total. The number of nitrogens with zero attached hydrogens (tertiary/aromatic N) is 2. The second-order valence-corrected chi connectivity index (χ2v) is 6.15. The van der Waals surface area contributed by atoms with Crippen molar-refractivity contribution in [2.75, 3.05) is 12.8 Å². The van der Waals surface area contributed by atoms with E-state index in [4.69, 9.17) is 0 Å². The maximum absolute atomic E-state index is 12.9. The number of hydrogen-bond donors (Lipinski definition) is 1. The Bertz CT molecular complexity index is 565. The van der Waals surface area contributed by atoms with Crippen molar-refractivity contribution in [3.8, 4) is 0 Å². The van der Waals surface area contributed by atoms with Gasteiger partial charge in [0.2, 0.25) is 0 Å². The summed E-state index contributed by atoms with van der Waals surface area (Å²) in [6.45, 7) is 2.12. The minimum Gasteiger partial charge on any atom is -0.316 e. The van der Waals surface area contributed by atoms with Crippen molar-refractivity contribution < 1.29 is 4.39 Å². The van der Waals surface area contributed by atoms with Crippen molar-refractivity contribution in [1.82, 2.24) is 15.1 Å². The van der Waals surface area contributed by atoms with Gasteiger partial charge in [-0.2, -0.15) is 5.10 Å². The van der Waals surface area contributed by atoms with Crippen LogP contribution in [0.25, 0.3) is 0 Å². The lowest BCUT2D eigenvalue weighted by Gasteiger charge is -2.15. The van der Waals surface area contributed by atoms with E-state index in [2.05, 4.69) is 23.4 Å². The third-order valence-electron chi connectivity index (χ3n) is 3.52. The van der Waals surface area contributed by atoms with Crippen LogP contribution in [-0.4, -0.2) is 28.6 Å². The number of halogens is 1. The zero-order chi connectivity index (χ0) is 15.2. The molecule has 1 aromatic heterocycles. The minimum atomic E-state index is -0.188. The molecular formula is C16H22FN3S. The van der Waals surface area contributed by atoms with Crippen molar-refractivity contribution in [1.29, 1.82) is 0 Å². The normalized spacial score (nSPS) is 12.6. The summed E-state index contributed by atoms with van der Waals surface area (Å²) in [5, 5.41) is 7.84. The lowest BCUT2D eigenvalue weighted by atomic mass is 10.1. The van der Waals surface area contributed by atoms with Crippen molar-refractivity contribution in [3.05, 3.63) is 47.5 Å². The topological polar surface area (TPSA) is 29.9 Å². The molecule has 1 atom stereocenters. The molecule has 21 heavy (non-hydrogen) atoms. The van der Waals surface area contributed by atoms with Crippen LogP contribution >= 0.6 is 11.8 Å². The Morgan fingerprint density at radius 3 is 2.62 bits per heavy atom. The zero-order valence-corrected chi connectivity index (χ0v) is 13.6. The number of nitrogens with one attached hydrogen (secondary N) is 1. The standard InChI is InChI=1S/C16H22FN3S/c1-4-13-9-15(20(3)19-13)10-14(18-2)11-21-16-7-5-12(17)6-8-16/h5-9,14,18H,4,10-11H2,1-3H3. The van der Waals surface area contributed by atoms with Gasteiger partial charge in [0, 0.05) is 35.9 Å². The monoisotopic (exact) mass is 307 g/mol. The maximum Gasteiger partial charge on any atom is 0.123 e. The van der Waals surface area contributed by atoms with Gasteiger partial charge < -0.3 is 5.32 Å². The van der Waals surface area contributed by atoms with Gasteiger partial charge >= 0.3 is 0 Å². The number of aryl methyl sites for hydroxylation is 2. The lowest BCUT2D eigenvalue weighted by Crippen LogP contribution is -2.30. The number of benzene rings is 1. The largest absolute Gasteiger partial charge is 0.316 e. The lowest BCUT2D eigenvalue weighted by molar-refractivity contribution is 0.581. The Balaban J connectivity index is 1.93. The van der Waals surface area contributed by atoms with Crippen LogP contribution in [0.5, 0.6) is 0 Å². The molecule has 1 N–H and O–H groups in total. The number of aromatic nitrogens is 2. The molecule has 0 radical (unpaired) electrons. The molecule has 1 aromatic carbocycles. The first-order valence-corrected chi connectivity index (χ1v) is 8.18. The molecular weight excluding hydrogens is 285 g/mol. The van der Waals surface area contributed by atoms with Crippen LogP contribution in [0.2, 0.25) is 0 Å². The zero-order valence-electron chi connectivity index (χ0n) is 12.8. The fraction of sp³-hybridized carbons (Fsp3) is 0.438. The van der Waals surface area contributed by atoms with Crippen molar-refractivity contribution in [3.63, 3.8) is 0 Å². The highest BCUT2D eigenvalue weighted by Crippen LogP contribution is 2.20. The van der Waals surface area contributed by atoms with Crippen LogP contribution in [0.4, 0.5) is 4.39 Å². The predicted octanol–water partition coefficient (Wildman–Crippen LogP) is 3.04. The summed E-state index contributed by atoms with van der Waals surface area (Å²) in [6, 6.07) is 9.20. The molecule has 0 spiro atoms. The summed E-state index contributed by atoms with van der Waals surface area (Å²) < 4.78 is 14.9. The van der Waals surface area contributed by atoms with E-state index in [1.54, 1.807) is 11.8 Å². The number of thioether (sulfide) groups is 1. The number of rotatable bonds is 7. The molecule has 0 aliphatic heterocycles. The highest BCUT2D eigenvalue weighted by molar-refractivity contribution is 7.99. The van der Waals surface area contributed by atoms with E-state index in [9.17, 15) is 4.39 Å². The van der Waals surface area contributed by atoms with E-state index in [1.807, 2.05) is 30.9 Å². The summed E-state index contributed by atoms with van der Waals surface area (Å²) in [5.41, 5.74) is 2.37. The van der Waals surface area contributed by atoms with Crippen LogP contribution in [0.3, 0.4) is 0 Å². The molecule has 0 saturated heterocycles. The van der Waals surface area contributed by atoms with Gasteiger partial charge in [-0.15, -0.1) is 11.8 Å². The van der Waals surface area contributed by atoms with Gasteiger partial charge in [-0.3, -0.25) is 4.68 Å². The molecule has 0 bridgehead atoms. The predicted molar refractivity (Wildman–Crippen MR) is 86.3 cm³/mol. The van der Waals surface area contributed by atoms with Gasteiger partial charge in [0.25, 0.3) is 0 Å². The second kappa shape index (κ2) is 7.61. The molecule has 5 heteroatoms. The molecule has 1 unspecified atom stereocenters. The highest BCUT2D eigenvalue weighted by atomic mass is 32.2. The van der Waals surface area contributed by atoms with E-state index in [-0.39, 0.29) is 5.82 Å². The fourth-order valence-electron chi connectivity index (χ4n) is 2.16. The maximum atomic E-state index is 12.9. The number of hydrogen-bond acceptors (Lipinski definition) is 3. The van der Waals surface area contributed by atoms with E-state index < -0.39 is 0 Å². The number of likely N-dealkylation sites (N-methyl/N-ethyl adjacent to an activating group) is 1. The van der Waals surface area contributed by atoms with Gasteiger partial charge in [0.1, 0.15) is 5.82 Å².